The lowest BCUT2D eigenvalue weighted by atomic mass is 10.1. The number of methoxy groups -OCH3 is 1. The number of nitrogens with one attached hydrogen (secondary N) is 2. The van der Waals surface area contributed by atoms with E-state index in [4.69, 9.17) is 4.74 Å². The molecule has 1 heterocycles. The van der Waals surface area contributed by atoms with Gasteiger partial charge in [0.1, 0.15) is 0 Å². The molecule has 0 spiro atoms. The van der Waals surface area contributed by atoms with Gasteiger partial charge in [-0.1, -0.05) is 0 Å². The van der Waals surface area contributed by atoms with Gasteiger partial charge in [-0.15, -0.1) is 0 Å². The molecule has 1 aromatic rings. The van der Waals surface area contributed by atoms with E-state index in [0.29, 0.717) is 24.4 Å². The number of amides is 3. The predicted molar refractivity (Wildman–Crippen MR) is 85.2 cm³/mol. The van der Waals surface area contributed by atoms with Gasteiger partial charge in [0.25, 0.3) is 5.91 Å². The minimum Gasteiger partial charge on any atom is -0.383 e. The average molecular weight is 305 g/mol. The molecule has 0 radical (unpaired) electrons. The molecule has 0 atom stereocenters. The maximum atomic E-state index is 12.3. The Bertz CT molecular complexity index is 539. The zero-order valence-electron chi connectivity index (χ0n) is 13.1. The van der Waals surface area contributed by atoms with Crippen molar-refractivity contribution in [3.63, 3.8) is 0 Å². The zero-order valence-corrected chi connectivity index (χ0v) is 13.1. The summed E-state index contributed by atoms with van der Waals surface area (Å²) in [5.74, 6) is 0.0664. The van der Waals surface area contributed by atoms with Crippen molar-refractivity contribution in [2.75, 3.05) is 38.7 Å². The van der Waals surface area contributed by atoms with Crippen molar-refractivity contribution < 1.29 is 14.3 Å². The number of likely N-dealkylation sites (tertiary alicyclic amines) is 1. The van der Waals surface area contributed by atoms with Crippen molar-refractivity contribution in [2.45, 2.75) is 19.8 Å². The standard InChI is InChI=1S/C16H23N3O3/c1-12-11-13(15(20)19-8-3-4-9-19)5-6-14(12)18-16(21)17-7-10-22-2/h5-6,11H,3-4,7-10H2,1-2H3,(H2,17,18,21). The summed E-state index contributed by atoms with van der Waals surface area (Å²) >= 11 is 0. The van der Waals surface area contributed by atoms with Crippen LogP contribution in [-0.4, -0.2) is 50.2 Å². The van der Waals surface area contributed by atoms with Crippen LogP contribution >= 0.6 is 0 Å². The number of hydrogen-bond donors (Lipinski definition) is 2. The highest BCUT2D eigenvalue weighted by Crippen LogP contribution is 2.19. The Kier molecular flexibility index (Phi) is 5.77. The van der Waals surface area contributed by atoms with Gasteiger partial charge < -0.3 is 20.3 Å². The molecule has 2 rings (SSSR count). The fourth-order valence-electron chi connectivity index (χ4n) is 2.47. The molecule has 0 aromatic heterocycles. The van der Waals surface area contributed by atoms with Crippen molar-refractivity contribution in [2.24, 2.45) is 0 Å². The molecule has 120 valence electrons. The van der Waals surface area contributed by atoms with E-state index >= 15 is 0 Å². The number of rotatable bonds is 5. The highest BCUT2D eigenvalue weighted by atomic mass is 16.5. The molecular formula is C16H23N3O3. The topological polar surface area (TPSA) is 70.7 Å². The van der Waals surface area contributed by atoms with Gasteiger partial charge in [-0.3, -0.25) is 4.79 Å². The third-order valence-electron chi connectivity index (χ3n) is 3.71. The van der Waals surface area contributed by atoms with Crippen LogP contribution in [0.1, 0.15) is 28.8 Å². The SMILES string of the molecule is COCCNC(=O)Nc1ccc(C(=O)N2CCCC2)cc1C. The first-order valence-corrected chi connectivity index (χ1v) is 7.55. The summed E-state index contributed by atoms with van der Waals surface area (Å²) in [6.07, 6.45) is 2.15. The van der Waals surface area contributed by atoms with E-state index in [9.17, 15) is 9.59 Å². The van der Waals surface area contributed by atoms with Gasteiger partial charge in [-0.25, -0.2) is 4.79 Å². The Hall–Kier alpha value is -2.08. The maximum absolute atomic E-state index is 12.3. The molecular weight excluding hydrogens is 282 g/mol. The molecule has 1 aliphatic heterocycles. The Morgan fingerprint density at radius 2 is 2.00 bits per heavy atom. The summed E-state index contributed by atoms with van der Waals surface area (Å²) in [6.45, 7) is 4.47. The first-order chi connectivity index (χ1) is 10.6. The molecule has 6 heteroatoms. The van der Waals surface area contributed by atoms with E-state index in [1.807, 2.05) is 17.9 Å². The highest BCUT2D eigenvalue weighted by Gasteiger charge is 2.19. The lowest BCUT2D eigenvalue weighted by Crippen LogP contribution is -2.31. The second kappa shape index (κ2) is 7.79. The molecule has 3 amide bonds. The second-order valence-electron chi connectivity index (χ2n) is 5.40. The Balaban J connectivity index is 1.97. The molecule has 6 nitrogen and oxygen atoms in total. The summed E-state index contributed by atoms with van der Waals surface area (Å²) in [5, 5.41) is 5.47. The van der Waals surface area contributed by atoms with Crippen LogP contribution in [0.25, 0.3) is 0 Å². The number of carbonyl (C=O) groups is 2. The van der Waals surface area contributed by atoms with E-state index in [1.165, 1.54) is 0 Å². The number of ether oxygens (including phenoxy) is 1. The molecule has 1 fully saturated rings. The van der Waals surface area contributed by atoms with E-state index in [-0.39, 0.29) is 11.9 Å². The summed E-state index contributed by atoms with van der Waals surface area (Å²) in [4.78, 5) is 25.9. The van der Waals surface area contributed by atoms with E-state index < -0.39 is 0 Å². The Labute approximate surface area is 130 Å². The van der Waals surface area contributed by atoms with Crippen LogP contribution in [0.15, 0.2) is 18.2 Å². The zero-order chi connectivity index (χ0) is 15.9. The number of hydrogen-bond acceptors (Lipinski definition) is 3. The molecule has 22 heavy (non-hydrogen) atoms. The first-order valence-electron chi connectivity index (χ1n) is 7.55. The van der Waals surface area contributed by atoms with Gasteiger partial charge in [-0.2, -0.15) is 0 Å². The largest absolute Gasteiger partial charge is 0.383 e. The fourth-order valence-corrected chi connectivity index (χ4v) is 2.47. The van der Waals surface area contributed by atoms with Crippen LogP contribution in [0.5, 0.6) is 0 Å². The van der Waals surface area contributed by atoms with E-state index in [0.717, 1.165) is 31.5 Å². The van der Waals surface area contributed by atoms with Crippen LogP contribution in [-0.2, 0) is 4.74 Å². The molecule has 0 aliphatic carbocycles. The van der Waals surface area contributed by atoms with Crippen LogP contribution < -0.4 is 10.6 Å². The van der Waals surface area contributed by atoms with Gasteiger partial charge in [0, 0.05) is 38.0 Å². The number of anilines is 1. The number of urea groups is 1. The quantitative estimate of drug-likeness (QED) is 0.817. The van der Waals surface area contributed by atoms with Crippen LogP contribution in [0, 0.1) is 6.92 Å². The lowest BCUT2D eigenvalue weighted by molar-refractivity contribution is 0.0792. The van der Waals surface area contributed by atoms with Gasteiger partial charge in [0.15, 0.2) is 0 Å². The molecule has 1 saturated heterocycles. The summed E-state index contributed by atoms with van der Waals surface area (Å²) in [7, 11) is 1.58. The monoisotopic (exact) mass is 305 g/mol. The van der Waals surface area contributed by atoms with Crippen molar-refractivity contribution in [3.05, 3.63) is 29.3 Å². The third-order valence-corrected chi connectivity index (χ3v) is 3.71. The number of benzene rings is 1. The molecule has 0 bridgehead atoms. The summed E-state index contributed by atoms with van der Waals surface area (Å²) < 4.78 is 4.87. The van der Waals surface area contributed by atoms with Crippen molar-refractivity contribution in [3.8, 4) is 0 Å². The average Bonchev–Trinajstić information content (AvgIpc) is 3.03. The van der Waals surface area contributed by atoms with Gasteiger partial charge in [0.05, 0.1) is 6.61 Å². The van der Waals surface area contributed by atoms with Gasteiger partial charge in [0.2, 0.25) is 0 Å². The molecule has 1 aromatic carbocycles. The predicted octanol–water partition coefficient (Wildman–Crippen LogP) is 2.00. The summed E-state index contributed by atoms with van der Waals surface area (Å²) in [5.41, 5.74) is 2.24. The van der Waals surface area contributed by atoms with Crippen molar-refractivity contribution in [1.82, 2.24) is 10.2 Å². The maximum Gasteiger partial charge on any atom is 0.319 e. The smallest absolute Gasteiger partial charge is 0.319 e. The van der Waals surface area contributed by atoms with Gasteiger partial charge >= 0.3 is 6.03 Å². The molecule has 1 aliphatic rings. The third kappa shape index (κ3) is 4.21. The van der Waals surface area contributed by atoms with Gasteiger partial charge in [-0.05, 0) is 43.5 Å². The summed E-state index contributed by atoms with van der Waals surface area (Å²) in [6, 6.07) is 5.08. The second-order valence-corrected chi connectivity index (χ2v) is 5.40. The van der Waals surface area contributed by atoms with E-state index in [2.05, 4.69) is 10.6 Å². The first kappa shape index (κ1) is 16.3. The van der Waals surface area contributed by atoms with Crippen LogP contribution in [0.3, 0.4) is 0 Å². The van der Waals surface area contributed by atoms with Crippen LogP contribution in [0.4, 0.5) is 10.5 Å². The minimum atomic E-state index is -0.279. The fraction of sp³-hybridized carbons (Fsp3) is 0.500. The van der Waals surface area contributed by atoms with E-state index in [1.54, 1.807) is 19.2 Å². The minimum absolute atomic E-state index is 0.0664. The molecule has 2 N–H and O–H groups in total. The number of carbonyl (C=O) groups excluding carboxylic acids is 2. The number of nitrogens with zero attached hydrogens (tertiary/aromatic N) is 1. The Morgan fingerprint density at radius 3 is 2.64 bits per heavy atom. The van der Waals surface area contributed by atoms with Crippen molar-refractivity contribution >= 4 is 17.6 Å². The molecule has 0 saturated carbocycles. The normalized spacial score (nSPS) is 14.0. The van der Waals surface area contributed by atoms with Crippen LogP contribution in [0.2, 0.25) is 0 Å². The Morgan fingerprint density at radius 1 is 1.27 bits per heavy atom. The lowest BCUT2D eigenvalue weighted by Gasteiger charge is -2.16. The van der Waals surface area contributed by atoms with Crippen molar-refractivity contribution in [1.29, 1.82) is 0 Å². The highest BCUT2D eigenvalue weighted by molar-refractivity contribution is 5.96. The number of aryl methyl sites for hydroxylation is 1. The molecule has 0 unspecified atom stereocenters.